The number of aromatic nitrogens is 1. The molecule has 0 N–H and O–H groups in total. The molecule has 0 atom stereocenters. The Labute approximate surface area is 167 Å². The maximum atomic E-state index is 13.0. The molecule has 0 unspecified atom stereocenters. The molecular weight excluding hydrogens is 375 g/mol. The SMILES string of the molecule is C#CCN(Cc1ccc(F)cc1)C(=O)CSCc1coc(-c2ccccc2)n1. The molecule has 3 aromatic rings. The fourth-order valence-electron chi connectivity index (χ4n) is 2.57. The van der Waals surface area contributed by atoms with Crippen molar-refractivity contribution in [2.75, 3.05) is 12.3 Å². The van der Waals surface area contributed by atoms with Gasteiger partial charge >= 0.3 is 0 Å². The lowest BCUT2D eigenvalue weighted by molar-refractivity contribution is -0.128. The normalized spacial score (nSPS) is 10.4. The van der Waals surface area contributed by atoms with Crippen LogP contribution in [0.25, 0.3) is 11.5 Å². The molecule has 0 fully saturated rings. The third-order valence-corrected chi connectivity index (χ3v) is 4.92. The number of hydrogen-bond donors (Lipinski definition) is 0. The van der Waals surface area contributed by atoms with Crippen LogP contribution in [0.3, 0.4) is 0 Å². The van der Waals surface area contributed by atoms with Gasteiger partial charge in [-0.05, 0) is 29.8 Å². The number of thioether (sulfide) groups is 1. The van der Waals surface area contributed by atoms with Gasteiger partial charge in [0.05, 0.1) is 18.0 Å². The van der Waals surface area contributed by atoms with Gasteiger partial charge in [-0.2, -0.15) is 0 Å². The molecule has 0 aliphatic carbocycles. The molecule has 0 saturated heterocycles. The van der Waals surface area contributed by atoms with E-state index in [0.717, 1.165) is 16.8 Å². The van der Waals surface area contributed by atoms with E-state index < -0.39 is 0 Å². The van der Waals surface area contributed by atoms with Gasteiger partial charge in [0.15, 0.2) is 0 Å². The first-order chi connectivity index (χ1) is 13.7. The Balaban J connectivity index is 1.52. The van der Waals surface area contributed by atoms with E-state index in [1.54, 1.807) is 23.3 Å². The van der Waals surface area contributed by atoms with Crippen molar-refractivity contribution in [2.24, 2.45) is 0 Å². The predicted octanol–water partition coefficient (Wildman–Crippen LogP) is 4.38. The van der Waals surface area contributed by atoms with Gasteiger partial charge in [0, 0.05) is 17.9 Å². The van der Waals surface area contributed by atoms with Crippen LogP contribution in [0.5, 0.6) is 0 Å². The molecule has 2 aromatic carbocycles. The van der Waals surface area contributed by atoms with Gasteiger partial charge in [0.2, 0.25) is 11.8 Å². The summed E-state index contributed by atoms with van der Waals surface area (Å²) in [4.78, 5) is 18.5. The van der Waals surface area contributed by atoms with Gasteiger partial charge in [-0.1, -0.05) is 36.3 Å². The largest absolute Gasteiger partial charge is 0.444 e. The van der Waals surface area contributed by atoms with Crippen molar-refractivity contribution in [3.63, 3.8) is 0 Å². The Morgan fingerprint density at radius 2 is 1.93 bits per heavy atom. The van der Waals surface area contributed by atoms with Crippen molar-refractivity contribution in [3.05, 3.63) is 77.9 Å². The van der Waals surface area contributed by atoms with Gasteiger partial charge in [-0.3, -0.25) is 4.79 Å². The zero-order valence-electron chi connectivity index (χ0n) is 15.2. The lowest BCUT2D eigenvalue weighted by atomic mass is 10.2. The topological polar surface area (TPSA) is 46.3 Å². The molecule has 0 aliphatic heterocycles. The quantitative estimate of drug-likeness (QED) is 0.532. The van der Waals surface area contributed by atoms with E-state index in [1.807, 2.05) is 30.3 Å². The van der Waals surface area contributed by atoms with Gasteiger partial charge < -0.3 is 9.32 Å². The highest BCUT2D eigenvalue weighted by atomic mass is 32.2. The van der Waals surface area contributed by atoms with Crippen LogP contribution in [-0.4, -0.2) is 28.1 Å². The molecule has 1 aromatic heterocycles. The van der Waals surface area contributed by atoms with E-state index in [2.05, 4.69) is 10.9 Å². The lowest BCUT2D eigenvalue weighted by Gasteiger charge is -2.20. The van der Waals surface area contributed by atoms with Crippen LogP contribution in [0.1, 0.15) is 11.3 Å². The second-order valence-electron chi connectivity index (χ2n) is 6.08. The maximum absolute atomic E-state index is 13.0. The van der Waals surface area contributed by atoms with Crippen molar-refractivity contribution in [1.82, 2.24) is 9.88 Å². The van der Waals surface area contributed by atoms with Crippen molar-refractivity contribution >= 4 is 17.7 Å². The average molecular weight is 394 g/mol. The van der Waals surface area contributed by atoms with Gasteiger partial charge in [0.25, 0.3) is 0 Å². The van der Waals surface area contributed by atoms with Crippen LogP contribution in [0.2, 0.25) is 0 Å². The number of nitrogens with zero attached hydrogens (tertiary/aromatic N) is 2. The summed E-state index contributed by atoms with van der Waals surface area (Å²) in [5.41, 5.74) is 2.52. The second kappa shape index (κ2) is 9.77. The first kappa shape index (κ1) is 19.7. The number of benzene rings is 2. The molecule has 3 rings (SSSR count). The molecule has 1 amide bonds. The van der Waals surface area contributed by atoms with Crippen molar-refractivity contribution in [2.45, 2.75) is 12.3 Å². The maximum Gasteiger partial charge on any atom is 0.233 e. The Bertz CT molecular complexity index is 949. The number of rotatable bonds is 8. The monoisotopic (exact) mass is 394 g/mol. The van der Waals surface area contributed by atoms with Gasteiger partial charge in [0.1, 0.15) is 12.1 Å². The van der Waals surface area contributed by atoms with Crippen molar-refractivity contribution in [3.8, 4) is 23.8 Å². The number of hydrogen-bond acceptors (Lipinski definition) is 4. The number of halogens is 1. The summed E-state index contributed by atoms with van der Waals surface area (Å²) in [5, 5.41) is 0. The molecule has 28 heavy (non-hydrogen) atoms. The van der Waals surface area contributed by atoms with Gasteiger partial charge in [-0.25, -0.2) is 9.37 Å². The zero-order valence-corrected chi connectivity index (χ0v) is 16.0. The number of carbonyl (C=O) groups is 1. The summed E-state index contributed by atoms with van der Waals surface area (Å²) in [6.45, 7) is 0.560. The molecule has 0 saturated carbocycles. The predicted molar refractivity (Wildman–Crippen MR) is 109 cm³/mol. The third kappa shape index (κ3) is 5.48. The summed E-state index contributed by atoms with van der Waals surface area (Å²) < 4.78 is 18.5. The van der Waals surface area contributed by atoms with Crippen LogP contribution >= 0.6 is 11.8 Å². The average Bonchev–Trinajstić information content (AvgIpc) is 3.19. The summed E-state index contributed by atoms with van der Waals surface area (Å²) in [6.07, 6.45) is 7.00. The Morgan fingerprint density at radius 1 is 1.18 bits per heavy atom. The van der Waals surface area contributed by atoms with E-state index in [9.17, 15) is 9.18 Å². The van der Waals surface area contributed by atoms with Crippen LogP contribution in [0, 0.1) is 18.2 Å². The molecule has 142 valence electrons. The van der Waals surface area contributed by atoms with E-state index in [4.69, 9.17) is 10.8 Å². The summed E-state index contributed by atoms with van der Waals surface area (Å²) in [5.74, 6) is 3.52. The minimum atomic E-state index is -0.309. The van der Waals surface area contributed by atoms with Crippen molar-refractivity contribution < 1.29 is 13.6 Å². The fourth-order valence-corrected chi connectivity index (χ4v) is 3.37. The van der Waals surface area contributed by atoms with Crippen LogP contribution < -0.4 is 0 Å². The first-order valence-electron chi connectivity index (χ1n) is 8.69. The minimum Gasteiger partial charge on any atom is -0.444 e. The van der Waals surface area contributed by atoms with Crippen LogP contribution in [-0.2, 0) is 17.1 Å². The molecular formula is C22H19FN2O2S. The van der Waals surface area contributed by atoms with Crippen molar-refractivity contribution in [1.29, 1.82) is 0 Å². The molecule has 0 bridgehead atoms. The van der Waals surface area contributed by atoms with Gasteiger partial charge in [-0.15, -0.1) is 18.2 Å². The highest BCUT2D eigenvalue weighted by Gasteiger charge is 2.14. The van der Waals surface area contributed by atoms with Crippen LogP contribution in [0.4, 0.5) is 4.39 Å². The van der Waals surface area contributed by atoms with E-state index in [1.165, 1.54) is 23.9 Å². The summed E-state index contributed by atoms with van der Waals surface area (Å²) in [7, 11) is 0. The Morgan fingerprint density at radius 3 is 2.64 bits per heavy atom. The summed E-state index contributed by atoms with van der Waals surface area (Å²) >= 11 is 1.45. The van der Waals surface area contributed by atoms with E-state index in [0.29, 0.717) is 18.2 Å². The lowest BCUT2D eigenvalue weighted by Crippen LogP contribution is -2.32. The molecule has 0 spiro atoms. The Hall–Kier alpha value is -3.04. The van der Waals surface area contributed by atoms with E-state index >= 15 is 0 Å². The third-order valence-electron chi connectivity index (χ3n) is 3.97. The van der Waals surface area contributed by atoms with Crippen LogP contribution in [0.15, 0.2) is 65.3 Å². The number of oxazole rings is 1. The zero-order chi connectivity index (χ0) is 19.8. The molecule has 0 aliphatic rings. The summed E-state index contributed by atoms with van der Waals surface area (Å²) in [6, 6.07) is 15.7. The minimum absolute atomic E-state index is 0.0703. The highest BCUT2D eigenvalue weighted by molar-refractivity contribution is 7.99. The number of amides is 1. The molecule has 4 nitrogen and oxygen atoms in total. The molecule has 0 radical (unpaired) electrons. The molecule has 1 heterocycles. The number of terminal acetylenes is 1. The highest BCUT2D eigenvalue weighted by Crippen LogP contribution is 2.20. The van der Waals surface area contributed by atoms with E-state index in [-0.39, 0.29) is 24.0 Å². The fraction of sp³-hybridized carbons (Fsp3) is 0.182. The number of carbonyl (C=O) groups excluding carboxylic acids is 1. The standard InChI is InChI=1S/C22H19FN2O2S/c1-2-12-25(13-17-8-10-19(23)11-9-17)21(26)16-28-15-20-14-27-22(24-20)18-6-4-3-5-7-18/h1,3-11,14H,12-13,15-16H2. The first-order valence-corrected chi connectivity index (χ1v) is 9.84. The smallest absolute Gasteiger partial charge is 0.233 e. The Kier molecular flexibility index (Phi) is 6.88. The molecule has 6 heteroatoms. The second-order valence-corrected chi connectivity index (χ2v) is 7.07.